The topological polar surface area (TPSA) is 87.6 Å². The first kappa shape index (κ1) is 8.10. The number of nitrogens with one attached hydrogen (secondary N) is 1. The molecule has 0 fully saturated rings. The van der Waals surface area contributed by atoms with E-state index in [2.05, 4.69) is 10.0 Å². The average Bonchev–Trinajstić information content (AvgIpc) is 2.06. The van der Waals surface area contributed by atoms with Crippen molar-refractivity contribution >= 4 is 11.7 Å². The predicted octanol–water partition coefficient (Wildman–Crippen LogP) is 1.57. The summed E-state index contributed by atoms with van der Waals surface area (Å²) in [5.74, 6) is -0.982. The maximum Gasteiger partial charge on any atom is 0.335 e. The van der Waals surface area contributed by atoms with E-state index in [1.807, 2.05) is 0 Å². The Labute approximate surface area is 67.9 Å². The van der Waals surface area contributed by atoms with Crippen molar-refractivity contribution < 1.29 is 9.90 Å². The smallest absolute Gasteiger partial charge is 0.335 e. The number of rotatable bonds is 2. The standard InChI is InChI=1S/C7H5N3O2/c8-10-9-6-3-1-5(2-4-6)7(11)12/h1-4,8H/p+1. The summed E-state index contributed by atoms with van der Waals surface area (Å²) in [4.78, 5) is 13.2. The second-order valence-corrected chi connectivity index (χ2v) is 2.05. The predicted molar refractivity (Wildman–Crippen MR) is 40.3 cm³/mol. The van der Waals surface area contributed by atoms with Gasteiger partial charge in [0.2, 0.25) is 4.91 Å². The van der Waals surface area contributed by atoms with Gasteiger partial charge in [0.05, 0.1) is 5.56 Å². The highest BCUT2D eigenvalue weighted by atomic mass is 16.4. The minimum absolute atomic E-state index is 0.193. The summed E-state index contributed by atoms with van der Waals surface area (Å²) in [5, 5.41) is 11.9. The summed E-state index contributed by atoms with van der Waals surface area (Å²) in [5.41, 5.74) is 7.08. The van der Waals surface area contributed by atoms with E-state index in [1.165, 1.54) is 24.3 Å². The molecule has 0 spiro atoms. The maximum absolute atomic E-state index is 10.4. The first-order valence-electron chi connectivity index (χ1n) is 3.15. The van der Waals surface area contributed by atoms with Crippen molar-refractivity contribution in [1.82, 2.24) is 4.91 Å². The van der Waals surface area contributed by atoms with Gasteiger partial charge in [-0.2, -0.15) is 0 Å². The van der Waals surface area contributed by atoms with Crippen molar-refractivity contribution in [2.24, 2.45) is 5.11 Å². The van der Waals surface area contributed by atoms with Gasteiger partial charge in [0.15, 0.2) is 10.8 Å². The van der Waals surface area contributed by atoms with Gasteiger partial charge in [-0.3, -0.25) is 0 Å². The van der Waals surface area contributed by atoms with Crippen LogP contribution in [0.25, 0.3) is 0 Å². The monoisotopic (exact) mass is 164 g/mol. The number of hydrogen-bond acceptors (Lipinski definition) is 3. The van der Waals surface area contributed by atoms with Crippen LogP contribution in [0.15, 0.2) is 29.4 Å². The van der Waals surface area contributed by atoms with Crippen molar-refractivity contribution in [3.8, 4) is 0 Å². The van der Waals surface area contributed by atoms with Crippen molar-refractivity contribution in [3.05, 3.63) is 29.8 Å². The van der Waals surface area contributed by atoms with Crippen LogP contribution >= 0.6 is 0 Å². The van der Waals surface area contributed by atoms with E-state index in [9.17, 15) is 4.79 Å². The van der Waals surface area contributed by atoms with Gasteiger partial charge in [-0.25, -0.2) is 4.79 Å². The molecular weight excluding hydrogens is 158 g/mol. The van der Waals surface area contributed by atoms with E-state index in [0.29, 0.717) is 5.69 Å². The van der Waals surface area contributed by atoms with Gasteiger partial charge in [0, 0.05) is 0 Å². The summed E-state index contributed by atoms with van der Waals surface area (Å²) < 4.78 is 0. The molecular formula is C7H6N3O2+. The SMILES string of the molecule is N=[N+]=Nc1ccc(C(=O)O)cc1. The highest BCUT2D eigenvalue weighted by molar-refractivity contribution is 5.87. The molecule has 5 nitrogen and oxygen atoms in total. The summed E-state index contributed by atoms with van der Waals surface area (Å²) in [6, 6.07) is 5.79. The highest BCUT2D eigenvalue weighted by Crippen LogP contribution is 2.11. The molecule has 0 aliphatic heterocycles. The zero-order valence-corrected chi connectivity index (χ0v) is 6.06. The van der Waals surface area contributed by atoms with Crippen LogP contribution in [0, 0.1) is 5.53 Å². The first-order chi connectivity index (χ1) is 5.74. The highest BCUT2D eigenvalue weighted by Gasteiger charge is 2.02. The van der Waals surface area contributed by atoms with Gasteiger partial charge in [0.1, 0.15) is 5.53 Å². The maximum atomic E-state index is 10.4. The van der Waals surface area contributed by atoms with E-state index < -0.39 is 5.97 Å². The molecule has 12 heavy (non-hydrogen) atoms. The summed E-state index contributed by atoms with van der Waals surface area (Å²) in [7, 11) is 0. The van der Waals surface area contributed by atoms with Gasteiger partial charge in [-0.05, 0) is 24.3 Å². The van der Waals surface area contributed by atoms with Crippen LogP contribution in [0.3, 0.4) is 0 Å². The number of benzene rings is 1. The van der Waals surface area contributed by atoms with Crippen LogP contribution in [0.4, 0.5) is 5.69 Å². The molecule has 0 aliphatic rings. The molecule has 0 bridgehead atoms. The van der Waals surface area contributed by atoms with Crippen LogP contribution in [-0.2, 0) is 0 Å². The Balaban J connectivity index is 3.00. The van der Waals surface area contributed by atoms with E-state index in [1.54, 1.807) is 0 Å². The molecule has 0 atom stereocenters. The van der Waals surface area contributed by atoms with E-state index in [0.717, 1.165) is 0 Å². The lowest BCUT2D eigenvalue weighted by atomic mass is 10.2. The van der Waals surface area contributed by atoms with Crippen LogP contribution < -0.4 is 4.91 Å². The fourth-order valence-electron chi connectivity index (χ4n) is 0.728. The number of aromatic carboxylic acids is 1. The Morgan fingerprint density at radius 2 is 2.00 bits per heavy atom. The van der Waals surface area contributed by atoms with E-state index in [-0.39, 0.29) is 5.56 Å². The van der Waals surface area contributed by atoms with Gasteiger partial charge in [-0.15, -0.1) is 0 Å². The van der Waals surface area contributed by atoms with E-state index >= 15 is 0 Å². The first-order valence-corrected chi connectivity index (χ1v) is 3.15. The second-order valence-electron chi connectivity index (χ2n) is 2.05. The van der Waals surface area contributed by atoms with Gasteiger partial charge in [0.25, 0.3) is 0 Å². The molecule has 0 saturated carbocycles. The quantitative estimate of drug-likeness (QED) is 0.513. The third-order valence-electron chi connectivity index (χ3n) is 1.28. The van der Waals surface area contributed by atoms with Crippen LogP contribution in [0.2, 0.25) is 0 Å². The third kappa shape index (κ3) is 1.74. The summed E-state index contributed by atoms with van der Waals surface area (Å²) in [6.45, 7) is 0. The number of carboxylic acid groups (broad SMARTS) is 1. The number of carbonyl (C=O) groups is 1. The van der Waals surface area contributed by atoms with Crippen molar-refractivity contribution in [3.63, 3.8) is 0 Å². The van der Waals surface area contributed by atoms with Gasteiger partial charge >= 0.3 is 5.97 Å². The fourth-order valence-corrected chi connectivity index (χ4v) is 0.728. The Kier molecular flexibility index (Phi) is 2.30. The molecule has 0 amide bonds. The molecule has 0 radical (unpaired) electrons. The molecule has 1 aromatic carbocycles. The van der Waals surface area contributed by atoms with E-state index in [4.69, 9.17) is 10.6 Å². The molecule has 0 aromatic heterocycles. The molecule has 0 unspecified atom stereocenters. The van der Waals surface area contributed by atoms with Crippen molar-refractivity contribution in [2.45, 2.75) is 0 Å². The summed E-state index contributed by atoms with van der Waals surface area (Å²) >= 11 is 0. The van der Waals surface area contributed by atoms with Crippen molar-refractivity contribution in [2.75, 3.05) is 0 Å². The molecule has 0 heterocycles. The molecule has 0 aliphatic carbocycles. The number of hydrogen-bond donors (Lipinski definition) is 2. The Hall–Kier alpha value is -2.00. The lowest BCUT2D eigenvalue weighted by Crippen LogP contribution is -1.93. The second kappa shape index (κ2) is 3.41. The zero-order valence-electron chi connectivity index (χ0n) is 6.06. The number of nitrogens with zero attached hydrogens (tertiary/aromatic N) is 2. The van der Waals surface area contributed by atoms with Crippen LogP contribution in [0.1, 0.15) is 10.4 Å². The Morgan fingerprint density at radius 3 is 2.42 bits per heavy atom. The lowest BCUT2D eigenvalue weighted by Gasteiger charge is -1.90. The van der Waals surface area contributed by atoms with Gasteiger partial charge < -0.3 is 5.11 Å². The number of carboxylic acids is 1. The minimum Gasteiger partial charge on any atom is -0.478 e. The molecule has 2 N–H and O–H groups in total. The van der Waals surface area contributed by atoms with Crippen LogP contribution in [-0.4, -0.2) is 11.1 Å². The summed E-state index contributed by atoms with van der Waals surface area (Å²) in [6.07, 6.45) is 0. The fraction of sp³-hybridized carbons (Fsp3) is 0. The van der Waals surface area contributed by atoms with Crippen molar-refractivity contribution in [1.29, 1.82) is 5.53 Å². The zero-order chi connectivity index (χ0) is 8.97. The van der Waals surface area contributed by atoms with Gasteiger partial charge in [-0.1, -0.05) is 0 Å². The lowest BCUT2D eigenvalue weighted by molar-refractivity contribution is 0.0697. The molecule has 1 aromatic rings. The normalized spacial score (nSPS) is 8.67. The molecule has 0 saturated heterocycles. The Bertz CT molecular complexity index is 317. The molecule has 60 valence electrons. The minimum atomic E-state index is -0.982. The van der Waals surface area contributed by atoms with Crippen LogP contribution in [0.5, 0.6) is 0 Å². The molecule has 1 rings (SSSR count). The Morgan fingerprint density at radius 1 is 1.42 bits per heavy atom. The largest absolute Gasteiger partial charge is 0.478 e. The molecule has 5 heteroatoms. The average molecular weight is 164 g/mol. The third-order valence-corrected chi connectivity index (χ3v) is 1.28.